The molecule has 0 radical (unpaired) electrons. The van der Waals surface area contributed by atoms with Crippen LogP contribution in [0.4, 0.5) is 0 Å². The van der Waals surface area contributed by atoms with Crippen molar-refractivity contribution in [3.05, 3.63) is 35.4 Å². The summed E-state index contributed by atoms with van der Waals surface area (Å²) in [7, 11) is 1.83. The summed E-state index contributed by atoms with van der Waals surface area (Å²) in [5.74, 6) is 0.225. The number of aryl methyl sites for hydroxylation is 1. The number of carbonyl (C=O) groups is 1. The molecule has 3 atom stereocenters. The van der Waals surface area contributed by atoms with Crippen molar-refractivity contribution in [1.82, 2.24) is 4.90 Å². The summed E-state index contributed by atoms with van der Waals surface area (Å²) >= 11 is 0. The lowest BCUT2D eigenvalue weighted by atomic mass is 9.97. The van der Waals surface area contributed by atoms with Gasteiger partial charge in [0.05, 0.1) is 12.1 Å². The van der Waals surface area contributed by atoms with Crippen molar-refractivity contribution in [3.8, 4) is 0 Å². The summed E-state index contributed by atoms with van der Waals surface area (Å²) in [5, 5.41) is 0. The summed E-state index contributed by atoms with van der Waals surface area (Å²) < 4.78 is 0. The topological polar surface area (TPSA) is 46.3 Å². The van der Waals surface area contributed by atoms with Crippen LogP contribution in [-0.4, -0.2) is 23.9 Å². The Bertz CT molecular complexity index is 413. The van der Waals surface area contributed by atoms with Crippen molar-refractivity contribution in [1.29, 1.82) is 0 Å². The number of carbonyl (C=O) groups excluding carboxylic acids is 1. The third-order valence-corrected chi connectivity index (χ3v) is 4.03. The highest BCUT2D eigenvalue weighted by Crippen LogP contribution is 2.21. The van der Waals surface area contributed by atoms with E-state index in [-0.39, 0.29) is 17.9 Å². The third kappa shape index (κ3) is 3.80. The molecule has 0 aliphatic heterocycles. The van der Waals surface area contributed by atoms with Gasteiger partial charge in [-0.25, -0.2) is 0 Å². The van der Waals surface area contributed by atoms with Crippen molar-refractivity contribution in [2.75, 3.05) is 7.05 Å². The molecule has 1 amide bonds. The molecule has 0 aliphatic rings. The Kier molecular flexibility index (Phi) is 5.55. The monoisotopic (exact) mass is 262 g/mol. The van der Waals surface area contributed by atoms with E-state index in [1.807, 2.05) is 20.9 Å². The van der Waals surface area contributed by atoms with E-state index in [0.29, 0.717) is 0 Å². The number of hydrogen-bond acceptors (Lipinski definition) is 2. The number of likely N-dealkylation sites (N-methyl/N-ethyl adjacent to an activating group) is 1. The van der Waals surface area contributed by atoms with Crippen LogP contribution >= 0.6 is 0 Å². The molecule has 0 heterocycles. The minimum Gasteiger partial charge on any atom is -0.338 e. The third-order valence-electron chi connectivity index (χ3n) is 4.03. The molecule has 3 unspecified atom stereocenters. The Labute approximate surface area is 116 Å². The Hall–Kier alpha value is -1.35. The van der Waals surface area contributed by atoms with Crippen LogP contribution in [0.1, 0.15) is 44.4 Å². The number of benzene rings is 1. The molecule has 3 nitrogen and oxygen atoms in total. The van der Waals surface area contributed by atoms with Crippen molar-refractivity contribution in [3.63, 3.8) is 0 Å². The van der Waals surface area contributed by atoms with Crippen LogP contribution in [0.3, 0.4) is 0 Å². The first-order valence-corrected chi connectivity index (χ1v) is 6.97. The lowest BCUT2D eigenvalue weighted by molar-refractivity contribution is -0.134. The summed E-state index contributed by atoms with van der Waals surface area (Å²) in [6, 6.07) is 7.90. The number of hydrogen-bond donors (Lipinski definition) is 1. The lowest BCUT2D eigenvalue weighted by Crippen LogP contribution is -2.46. The molecular formula is C16H26N2O. The Balaban J connectivity index is 2.79. The molecule has 0 spiro atoms. The minimum atomic E-state index is -0.414. The van der Waals surface area contributed by atoms with Gasteiger partial charge in [0, 0.05) is 7.05 Å². The highest BCUT2D eigenvalue weighted by molar-refractivity contribution is 5.82. The maximum atomic E-state index is 12.3. The zero-order valence-corrected chi connectivity index (χ0v) is 12.7. The van der Waals surface area contributed by atoms with Gasteiger partial charge in [0.25, 0.3) is 0 Å². The van der Waals surface area contributed by atoms with Gasteiger partial charge < -0.3 is 10.6 Å². The SMILES string of the molecule is CCC(C)C(N)C(=O)N(C)C(C)c1ccc(C)cc1. The fraction of sp³-hybridized carbons (Fsp3) is 0.562. The van der Waals surface area contributed by atoms with Crippen molar-refractivity contribution >= 4 is 5.91 Å². The summed E-state index contributed by atoms with van der Waals surface area (Å²) in [6.07, 6.45) is 0.916. The Morgan fingerprint density at radius 1 is 1.26 bits per heavy atom. The Morgan fingerprint density at radius 2 is 1.79 bits per heavy atom. The maximum Gasteiger partial charge on any atom is 0.240 e. The van der Waals surface area contributed by atoms with E-state index in [2.05, 4.69) is 38.1 Å². The molecule has 0 fully saturated rings. The van der Waals surface area contributed by atoms with Gasteiger partial charge in [-0.2, -0.15) is 0 Å². The number of rotatable bonds is 5. The molecule has 0 saturated carbocycles. The van der Waals surface area contributed by atoms with Gasteiger partial charge in [-0.05, 0) is 25.3 Å². The van der Waals surface area contributed by atoms with Gasteiger partial charge in [0.15, 0.2) is 0 Å². The number of amides is 1. The average Bonchev–Trinajstić information content (AvgIpc) is 2.44. The summed E-state index contributed by atoms with van der Waals surface area (Å²) in [5.41, 5.74) is 8.38. The van der Waals surface area contributed by atoms with Crippen molar-refractivity contribution in [2.24, 2.45) is 11.7 Å². The molecule has 3 heteroatoms. The first-order valence-electron chi connectivity index (χ1n) is 6.97. The van der Waals surface area contributed by atoms with E-state index in [0.717, 1.165) is 12.0 Å². The molecule has 106 valence electrons. The lowest BCUT2D eigenvalue weighted by Gasteiger charge is -2.30. The van der Waals surface area contributed by atoms with E-state index in [1.54, 1.807) is 4.90 Å². The minimum absolute atomic E-state index is 0.0161. The maximum absolute atomic E-state index is 12.3. The van der Waals surface area contributed by atoms with Gasteiger partial charge in [-0.15, -0.1) is 0 Å². The van der Waals surface area contributed by atoms with Gasteiger partial charge >= 0.3 is 0 Å². The largest absolute Gasteiger partial charge is 0.338 e. The second-order valence-electron chi connectivity index (χ2n) is 5.45. The van der Waals surface area contributed by atoms with Gasteiger partial charge in [0.2, 0.25) is 5.91 Å². The predicted octanol–water partition coefficient (Wildman–Crippen LogP) is 2.89. The molecule has 0 aromatic heterocycles. The molecule has 1 aromatic carbocycles. The van der Waals surface area contributed by atoms with Crippen LogP contribution in [0.25, 0.3) is 0 Å². The molecule has 2 N–H and O–H groups in total. The van der Waals surface area contributed by atoms with E-state index < -0.39 is 6.04 Å². The fourth-order valence-corrected chi connectivity index (χ4v) is 1.99. The smallest absolute Gasteiger partial charge is 0.240 e. The second-order valence-corrected chi connectivity index (χ2v) is 5.45. The van der Waals surface area contributed by atoms with Crippen LogP contribution in [0.2, 0.25) is 0 Å². The zero-order valence-electron chi connectivity index (χ0n) is 12.7. The fourth-order valence-electron chi connectivity index (χ4n) is 1.99. The molecule has 1 aromatic rings. The zero-order chi connectivity index (χ0) is 14.6. The quantitative estimate of drug-likeness (QED) is 0.887. The highest BCUT2D eigenvalue weighted by atomic mass is 16.2. The van der Waals surface area contributed by atoms with Crippen LogP contribution in [0.15, 0.2) is 24.3 Å². The van der Waals surface area contributed by atoms with E-state index in [4.69, 9.17) is 5.73 Å². The second kappa shape index (κ2) is 6.71. The molecular weight excluding hydrogens is 236 g/mol. The highest BCUT2D eigenvalue weighted by Gasteiger charge is 2.26. The molecule has 0 saturated heterocycles. The van der Waals surface area contributed by atoms with Gasteiger partial charge in [0.1, 0.15) is 0 Å². The summed E-state index contributed by atoms with van der Waals surface area (Å²) in [6.45, 7) is 8.17. The molecule has 19 heavy (non-hydrogen) atoms. The predicted molar refractivity (Wildman–Crippen MR) is 79.8 cm³/mol. The molecule has 0 bridgehead atoms. The van der Waals surface area contributed by atoms with Crippen LogP contribution in [0, 0.1) is 12.8 Å². The normalized spacial score (nSPS) is 15.7. The van der Waals surface area contributed by atoms with E-state index in [9.17, 15) is 4.79 Å². The van der Waals surface area contributed by atoms with Crippen LogP contribution < -0.4 is 5.73 Å². The first kappa shape index (κ1) is 15.7. The van der Waals surface area contributed by atoms with Crippen LogP contribution in [0.5, 0.6) is 0 Å². The molecule has 1 rings (SSSR count). The van der Waals surface area contributed by atoms with E-state index in [1.165, 1.54) is 5.56 Å². The van der Waals surface area contributed by atoms with Crippen molar-refractivity contribution in [2.45, 2.75) is 46.2 Å². The average molecular weight is 262 g/mol. The number of nitrogens with two attached hydrogens (primary N) is 1. The number of nitrogens with zero attached hydrogens (tertiary/aromatic N) is 1. The first-order chi connectivity index (χ1) is 8.88. The Morgan fingerprint density at radius 3 is 2.26 bits per heavy atom. The van der Waals surface area contributed by atoms with Gasteiger partial charge in [-0.3, -0.25) is 4.79 Å². The van der Waals surface area contributed by atoms with E-state index >= 15 is 0 Å². The molecule has 0 aliphatic carbocycles. The standard InChI is InChI=1S/C16H26N2O/c1-6-12(3)15(17)16(19)18(5)13(4)14-9-7-11(2)8-10-14/h7-10,12-13,15H,6,17H2,1-5H3. The van der Waals surface area contributed by atoms with Gasteiger partial charge in [-0.1, -0.05) is 50.1 Å². The van der Waals surface area contributed by atoms with Crippen LogP contribution in [-0.2, 0) is 4.79 Å². The van der Waals surface area contributed by atoms with Crippen molar-refractivity contribution < 1.29 is 4.79 Å². The summed E-state index contributed by atoms with van der Waals surface area (Å²) in [4.78, 5) is 14.1.